The fourth-order valence-electron chi connectivity index (χ4n) is 3.18. The maximum absolute atomic E-state index is 5.88. The van der Waals surface area contributed by atoms with Crippen molar-refractivity contribution in [1.82, 2.24) is 15.3 Å². The van der Waals surface area contributed by atoms with Crippen LogP contribution in [0.3, 0.4) is 0 Å². The number of nitrogens with two attached hydrogens (primary N) is 1. The summed E-state index contributed by atoms with van der Waals surface area (Å²) in [5.41, 5.74) is 5.03. The zero-order valence-corrected chi connectivity index (χ0v) is 13.4. The van der Waals surface area contributed by atoms with E-state index in [0.29, 0.717) is 0 Å². The zero-order valence-electron chi connectivity index (χ0n) is 13.4. The lowest BCUT2D eigenvalue weighted by Gasteiger charge is -2.43. The highest BCUT2D eigenvalue weighted by molar-refractivity contribution is 5.78. The van der Waals surface area contributed by atoms with Crippen LogP contribution in [0.1, 0.15) is 39.3 Å². The lowest BCUT2D eigenvalue weighted by atomic mass is 9.87. The molecule has 0 amide bonds. The van der Waals surface area contributed by atoms with Crippen LogP contribution in [-0.2, 0) is 0 Å². The maximum Gasteiger partial charge on any atom is 0.0702 e. The van der Waals surface area contributed by atoms with E-state index in [1.165, 1.54) is 0 Å². The summed E-state index contributed by atoms with van der Waals surface area (Å²) in [5, 5.41) is 1.14. The smallest absolute Gasteiger partial charge is 0.0702 e. The van der Waals surface area contributed by atoms with Crippen molar-refractivity contribution in [2.45, 2.75) is 39.3 Å². The Morgan fingerprint density at radius 1 is 1.24 bits per heavy atom. The fraction of sp³-hybridized carbons (Fsp3) is 0.471. The molecule has 4 nitrogen and oxygen atoms in total. The summed E-state index contributed by atoms with van der Waals surface area (Å²) in [6, 6.07) is 10.4. The number of pyridine rings is 1. The number of rotatable bonds is 6. The van der Waals surface area contributed by atoms with Gasteiger partial charge < -0.3 is 0 Å². The fourth-order valence-corrected chi connectivity index (χ4v) is 3.18. The van der Waals surface area contributed by atoms with Crippen LogP contribution in [0.5, 0.6) is 0 Å². The van der Waals surface area contributed by atoms with Crippen molar-refractivity contribution in [3.8, 4) is 0 Å². The normalized spacial score (nSPS) is 13.8. The molecule has 1 heterocycles. The first-order valence-corrected chi connectivity index (χ1v) is 7.60. The van der Waals surface area contributed by atoms with Crippen LogP contribution < -0.4 is 11.3 Å². The molecule has 0 spiro atoms. The second-order valence-electron chi connectivity index (χ2n) is 5.89. The Bertz CT molecular complexity index is 590. The first kappa shape index (κ1) is 15.9. The highest BCUT2D eigenvalue weighted by Crippen LogP contribution is 2.31. The Hall–Kier alpha value is -1.49. The lowest BCUT2D eigenvalue weighted by Crippen LogP contribution is -2.54. The summed E-state index contributed by atoms with van der Waals surface area (Å²) in [4.78, 5) is 6.97. The molecule has 1 aromatic carbocycles. The maximum atomic E-state index is 5.88. The van der Waals surface area contributed by atoms with E-state index in [0.717, 1.165) is 29.6 Å². The third kappa shape index (κ3) is 3.07. The van der Waals surface area contributed by atoms with Crippen LogP contribution in [0.25, 0.3) is 10.9 Å². The minimum absolute atomic E-state index is 0.0227. The molecule has 1 aromatic heterocycles. The van der Waals surface area contributed by atoms with Crippen molar-refractivity contribution in [2.24, 2.45) is 5.84 Å². The molecule has 3 N–H and O–H groups in total. The Kier molecular flexibility index (Phi) is 4.93. The Balaban J connectivity index is 2.43. The Morgan fingerprint density at radius 2 is 1.90 bits per heavy atom. The second-order valence-corrected chi connectivity index (χ2v) is 5.89. The molecular weight excluding hydrogens is 260 g/mol. The van der Waals surface area contributed by atoms with Crippen LogP contribution in [0.2, 0.25) is 0 Å². The highest BCUT2D eigenvalue weighted by atomic mass is 15.3. The number of likely N-dealkylation sites (N-methyl/N-ethyl adjacent to an activating group) is 1. The molecule has 0 saturated heterocycles. The molecule has 1 unspecified atom stereocenters. The first-order valence-electron chi connectivity index (χ1n) is 7.60. The predicted octanol–water partition coefficient (Wildman–Crippen LogP) is 2.86. The van der Waals surface area contributed by atoms with Crippen molar-refractivity contribution < 1.29 is 0 Å². The summed E-state index contributed by atoms with van der Waals surface area (Å²) in [7, 11) is 0. The minimum Gasteiger partial charge on any atom is -0.297 e. The SMILES string of the molecule is CCN(CC)C(C)(C)C(NN)c1cnc2ccccc2c1. The number of benzene rings is 1. The number of nitrogens with one attached hydrogen (secondary N) is 1. The van der Waals surface area contributed by atoms with Crippen LogP contribution in [0, 0.1) is 0 Å². The topological polar surface area (TPSA) is 54.2 Å². The van der Waals surface area contributed by atoms with Crippen molar-refractivity contribution in [1.29, 1.82) is 0 Å². The third-order valence-corrected chi connectivity index (χ3v) is 4.40. The molecular formula is C17H26N4. The van der Waals surface area contributed by atoms with Gasteiger partial charge in [0.25, 0.3) is 0 Å². The second kappa shape index (κ2) is 6.52. The highest BCUT2D eigenvalue weighted by Gasteiger charge is 2.34. The molecule has 0 aliphatic rings. The standard InChI is InChI=1S/C17H26N4/c1-5-21(6-2)17(3,4)16(20-18)14-11-13-9-7-8-10-15(13)19-12-14/h7-12,16,20H,5-6,18H2,1-4H3. The van der Waals surface area contributed by atoms with Gasteiger partial charge in [-0.05, 0) is 44.6 Å². The van der Waals surface area contributed by atoms with Gasteiger partial charge in [0.15, 0.2) is 0 Å². The van der Waals surface area contributed by atoms with E-state index >= 15 is 0 Å². The number of fused-ring (bicyclic) bond motifs is 1. The average Bonchev–Trinajstić information content (AvgIpc) is 2.48. The third-order valence-electron chi connectivity index (χ3n) is 4.40. The molecule has 0 saturated carbocycles. The number of para-hydroxylation sites is 1. The number of nitrogens with zero attached hydrogens (tertiary/aromatic N) is 2. The minimum atomic E-state index is -0.0949. The van der Waals surface area contributed by atoms with Gasteiger partial charge in [0.2, 0.25) is 0 Å². The van der Waals surface area contributed by atoms with Crippen LogP contribution >= 0.6 is 0 Å². The average molecular weight is 286 g/mol. The van der Waals surface area contributed by atoms with Crippen LogP contribution in [-0.4, -0.2) is 28.5 Å². The van der Waals surface area contributed by atoms with Gasteiger partial charge in [-0.1, -0.05) is 32.0 Å². The van der Waals surface area contributed by atoms with Gasteiger partial charge in [0.1, 0.15) is 0 Å². The van der Waals surface area contributed by atoms with Gasteiger partial charge in [-0.3, -0.25) is 21.2 Å². The molecule has 0 aliphatic carbocycles. The molecule has 21 heavy (non-hydrogen) atoms. The van der Waals surface area contributed by atoms with E-state index in [2.05, 4.69) is 55.1 Å². The molecule has 114 valence electrons. The molecule has 2 rings (SSSR count). The van der Waals surface area contributed by atoms with E-state index < -0.39 is 0 Å². The summed E-state index contributed by atoms with van der Waals surface area (Å²) in [6.45, 7) is 10.8. The zero-order chi connectivity index (χ0) is 15.5. The number of hydrazine groups is 1. The van der Waals surface area contributed by atoms with Crippen molar-refractivity contribution in [3.63, 3.8) is 0 Å². The summed E-state index contributed by atoms with van der Waals surface area (Å²) >= 11 is 0. The molecule has 2 aromatic rings. The molecule has 1 atom stereocenters. The summed E-state index contributed by atoms with van der Waals surface area (Å²) in [6.07, 6.45) is 1.93. The van der Waals surface area contributed by atoms with E-state index in [1.54, 1.807) is 0 Å². The molecule has 0 fully saturated rings. The van der Waals surface area contributed by atoms with Crippen molar-refractivity contribution >= 4 is 10.9 Å². The summed E-state index contributed by atoms with van der Waals surface area (Å²) < 4.78 is 0. The quantitative estimate of drug-likeness (QED) is 0.633. The number of aromatic nitrogens is 1. The summed E-state index contributed by atoms with van der Waals surface area (Å²) in [5.74, 6) is 5.88. The van der Waals surface area contributed by atoms with E-state index in [-0.39, 0.29) is 11.6 Å². The molecule has 4 heteroatoms. The molecule has 0 bridgehead atoms. The van der Waals surface area contributed by atoms with Gasteiger partial charge in [-0.2, -0.15) is 0 Å². The van der Waals surface area contributed by atoms with E-state index in [9.17, 15) is 0 Å². The van der Waals surface area contributed by atoms with Gasteiger partial charge in [0.05, 0.1) is 11.6 Å². The van der Waals surface area contributed by atoms with Crippen LogP contribution in [0.15, 0.2) is 36.5 Å². The number of hydrogen-bond acceptors (Lipinski definition) is 4. The predicted molar refractivity (Wildman–Crippen MR) is 88.8 cm³/mol. The van der Waals surface area contributed by atoms with Crippen molar-refractivity contribution in [2.75, 3.05) is 13.1 Å². The lowest BCUT2D eigenvalue weighted by molar-refractivity contribution is 0.0912. The van der Waals surface area contributed by atoms with E-state index in [4.69, 9.17) is 5.84 Å². The van der Waals surface area contributed by atoms with E-state index in [1.807, 2.05) is 24.4 Å². The molecule has 0 radical (unpaired) electrons. The monoisotopic (exact) mass is 286 g/mol. The Morgan fingerprint density at radius 3 is 2.52 bits per heavy atom. The first-order chi connectivity index (χ1) is 10.0. The van der Waals surface area contributed by atoms with Crippen molar-refractivity contribution in [3.05, 3.63) is 42.1 Å². The molecule has 0 aliphatic heterocycles. The van der Waals surface area contributed by atoms with Crippen LogP contribution in [0.4, 0.5) is 0 Å². The van der Waals surface area contributed by atoms with Gasteiger partial charge in [-0.15, -0.1) is 0 Å². The van der Waals surface area contributed by atoms with Gasteiger partial charge >= 0.3 is 0 Å². The largest absolute Gasteiger partial charge is 0.297 e. The van der Waals surface area contributed by atoms with Gasteiger partial charge in [-0.25, -0.2) is 0 Å². The number of hydrogen-bond donors (Lipinski definition) is 2. The Labute approximate surface area is 127 Å². The van der Waals surface area contributed by atoms with Gasteiger partial charge in [0, 0.05) is 17.1 Å².